The summed E-state index contributed by atoms with van der Waals surface area (Å²) < 4.78 is 34.3. The van der Waals surface area contributed by atoms with E-state index < -0.39 is 6.61 Å². The molecule has 0 saturated heterocycles. The van der Waals surface area contributed by atoms with Crippen molar-refractivity contribution < 1.29 is 18.3 Å². The van der Waals surface area contributed by atoms with Crippen LogP contribution >= 0.6 is 0 Å². The molecule has 0 unspecified atom stereocenters. The molecule has 0 radical (unpaired) electrons. The third-order valence-corrected chi connectivity index (χ3v) is 2.92. The van der Waals surface area contributed by atoms with Gasteiger partial charge in [0, 0.05) is 39.4 Å². The first-order chi connectivity index (χ1) is 10.6. The molecule has 2 N–H and O–H groups in total. The second kappa shape index (κ2) is 9.94. The van der Waals surface area contributed by atoms with Crippen molar-refractivity contribution in [2.45, 2.75) is 26.5 Å². The molecule has 22 heavy (non-hydrogen) atoms. The monoisotopic (exact) mass is 315 g/mol. The van der Waals surface area contributed by atoms with Crippen LogP contribution in [0.25, 0.3) is 0 Å². The van der Waals surface area contributed by atoms with Gasteiger partial charge in [-0.1, -0.05) is 17.7 Å². The molecule has 0 amide bonds. The summed E-state index contributed by atoms with van der Waals surface area (Å²) in [4.78, 5) is 4.08. The molecule has 1 aromatic carbocycles. The van der Waals surface area contributed by atoms with Crippen LogP contribution in [0.5, 0.6) is 5.75 Å². The number of alkyl halides is 2. The molecule has 1 rings (SSSR count). The van der Waals surface area contributed by atoms with Gasteiger partial charge < -0.3 is 20.1 Å². The van der Waals surface area contributed by atoms with Crippen molar-refractivity contribution in [2.24, 2.45) is 4.99 Å². The third-order valence-electron chi connectivity index (χ3n) is 2.92. The van der Waals surface area contributed by atoms with E-state index in [1.807, 2.05) is 13.0 Å². The molecule has 0 atom stereocenters. The molecule has 0 bridgehead atoms. The van der Waals surface area contributed by atoms with Crippen LogP contribution in [0.3, 0.4) is 0 Å². The summed E-state index contributed by atoms with van der Waals surface area (Å²) in [6.07, 6.45) is 0.849. The van der Waals surface area contributed by atoms with Gasteiger partial charge in [0.25, 0.3) is 0 Å². The fraction of sp³-hybridized carbons (Fsp3) is 0.533. The van der Waals surface area contributed by atoms with Gasteiger partial charge in [0.15, 0.2) is 5.96 Å². The fourth-order valence-electron chi connectivity index (χ4n) is 1.88. The Morgan fingerprint density at radius 2 is 2.09 bits per heavy atom. The Bertz CT molecular complexity index is 482. The molecule has 0 aliphatic carbocycles. The van der Waals surface area contributed by atoms with Crippen LogP contribution in [-0.2, 0) is 11.3 Å². The van der Waals surface area contributed by atoms with Crippen LogP contribution < -0.4 is 15.4 Å². The van der Waals surface area contributed by atoms with Gasteiger partial charge in [0.05, 0.1) is 0 Å². The maximum absolute atomic E-state index is 12.4. The van der Waals surface area contributed by atoms with Crippen molar-refractivity contribution in [2.75, 3.05) is 27.3 Å². The number of ether oxygens (including phenoxy) is 2. The number of aliphatic imine (C=N–C) groups is 1. The molecular formula is C15H23F2N3O2. The molecule has 7 heteroatoms. The summed E-state index contributed by atoms with van der Waals surface area (Å²) >= 11 is 0. The highest BCUT2D eigenvalue weighted by Crippen LogP contribution is 2.21. The number of methoxy groups -OCH3 is 1. The summed E-state index contributed by atoms with van der Waals surface area (Å²) in [5.41, 5.74) is 1.63. The zero-order valence-electron chi connectivity index (χ0n) is 13.2. The van der Waals surface area contributed by atoms with E-state index in [9.17, 15) is 8.78 Å². The lowest BCUT2D eigenvalue weighted by molar-refractivity contribution is -0.0504. The number of hydrogen-bond acceptors (Lipinski definition) is 3. The summed E-state index contributed by atoms with van der Waals surface area (Å²) in [5.74, 6) is 0.767. The Balaban J connectivity index is 2.59. The average Bonchev–Trinajstić information content (AvgIpc) is 2.48. The minimum atomic E-state index is -2.84. The zero-order chi connectivity index (χ0) is 16.4. The van der Waals surface area contributed by atoms with Crippen LogP contribution in [-0.4, -0.2) is 39.9 Å². The van der Waals surface area contributed by atoms with E-state index in [0.717, 1.165) is 12.0 Å². The standard InChI is InChI=1S/C15H23F2N3O2/c1-11-5-6-13(22-14(16)17)12(9-11)10-20-15(18-2)19-7-4-8-21-3/h5-6,9,14H,4,7-8,10H2,1-3H3,(H2,18,19,20). The van der Waals surface area contributed by atoms with Crippen LogP contribution in [0.4, 0.5) is 8.78 Å². The minimum Gasteiger partial charge on any atom is -0.434 e. The van der Waals surface area contributed by atoms with Crippen molar-refractivity contribution >= 4 is 5.96 Å². The highest BCUT2D eigenvalue weighted by atomic mass is 19.3. The molecule has 1 aromatic rings. The van der Waals surface area contributed by atoms with Crippen molar-refractivity contribution in [1.82, 2.24) is 10.6 Å². The van der Waals surface area contributed by atoms with E-state index in [1.54, 1.807) is 26.3 Å². The van der Waals surface area contributed by atoms with E-state index in [4.69, 9.17) is 4.74 Å². The molecular weight excluding hydrogens is 292 g/mol. The zero-order valence-corrected chi connectivity index (χ0v) is 13.2. The summed E-state index contributed by atoms with van der Waals surface area (Å²) in [6.45, 7) is 0.768. The van der Waals surface area contributed by atoms with Crippen molar-refractivity contribution in [3.63, 3.8) is 0 Å². The maximum atomic E-state index is 12.4. The van der Waals surface area contributed by atoms with Gasteiger partial charge in [0.2, 0.25) is 0 Å². The fourth-order valence-corrected chi connectivity index (χ4v) is 1.88. The Morgan fingerprint density at radius 3 is 2.73 bits per heavy atom. The largest absolute Gasteiger partial charge is 0.434 e. The second-order valence-electron chi connectivity index (χ2n) is 4.69. The molecule has 0 spiro atoms. The number of aryl methyl sites for hydroxylation is 1. The average molecular weight is 315 g/mol. The lowest BCUT2D eigenvalue weighted by Crippen LogP contribution is -2.37. The topological polar surface area (TPSA) is 54.9 Å². The van der Waals surface area contributed by atoms with Crippen LogP contribution in [0.2, 0.25) is 0 Å². The smallest absolute Gasteiger partial charge is 0.387 e. The van der Waals surface area contributed by atoms with Gasteiger partial charge in [-0.25, -0.2) is 0 Å². The normalized spacial score (nSPS) is 11.6. The molecule has 124 valence electrons. The molecule has 0 aromatic heterocycles. The maximum Gasteiger partial charge on any atom is 0.387 e. The van der Waals surface area contributed by atoms with Crippen molar-refractivity contribution in [1.29, 1.82) is 0 Å². The quantitative estimate of drug-likeness (QED) is 0.439. The van der Waals surface area contributed by atoms with Crippen LogP contribution in [0.1, 0.15) is 17.5 Å². The van der Waals surface area contributed by atoms with E-state index >= 15 is 0 Å². The van der Waals surface area contributed by atoms with Crippen LogP contribution in [0.15, 0.2) is 23.2 Å². The molecule has 5 nitrogen and oxygen atoms in total. The summed E-state index contributed by atoms with van der Waals surface area (Å²) in [7, 11) is 3.30. The number of nitrogens with zero attached hydrogens (tertiary/aromatic N) is 1. The number of halogens is 2. The van der Waals surface area contributed by atoms with Crippen molar-refractivity contribution in [3.05, 3.63) is 29.3 Å². The lowest BCUT2D eigenvalue weighted by Gasteiger charge is -2.15. The second-order valence-corrected chi connectivity index (χ2v) is 4.69. The Hall–Kier alpha value is -1.89. The molecule has 0 aliphatic heterocycles. The predicted molar refractivity (Wildman–Crippen MR) is 82.5 cm³/mol. The number of guanidine groups is 1. The molecule has 0 fully saturated rings. The molecule has 0 heterocycles. The summed E-state index contributed by atoms with van der Waals surface area (Å²) in [6, 6.07) is 5.09. The summed E-state index contributed by atoms with van der Waals surface area (Å²) in [5, 5.41) is 6.20. The first-order valence-corrected chi connectivity index (χ1v) is 7.04. The SMILES string of the molecule is CN=C(NCCCOC)NCc1cc(C)ccc1OC(F)F. The van der Waals surface area contributed by atoms with E-state index in [0.29, 0.717) is 31.2 Å². The number of hydrogen-bond donors (Lipinski definition) is 2. The highest BCUT2D eigenvalue weighted by Gasteiger charge is 2.10. The van der Waals surface area contributed by atoms with Crippen molar-refractivity contribution in [3.8, 4) is 5.75 Å². The van der Waals surface area contributed by atoms with E-state index in [2.05, 4.69) is 20.4 Å². The van der Waals surface area contributed by atoms with Gasteiger partial charge >= 0.3 is 6.61 Å². The minimum absolute atomic E-state index is 0.169. The Kier molecular flexibility index (Phi) is 8.21. The lowest BCUT2D eigenvalue weighted by atomic mass is 10.1. The van der Waals surface area contributed by atoms with Crippen LogP contribution in [0, 0.1) is 6.92 Å². The van der Waals surface area contributed by atoms with Gasteiger partial charge in [-0.15, -0.1) is 0 Å². The molecule has 0 aliphatic rings. The van der Waals surface area contributed by atoms with Gasteiger partial charge in [0.1, 0.15) is 5.75 Å². The first kappa shape index (κ1) is 18.2. The number of benzene rings is 1. The van der Waals surface area contributed by atoms with Gasteiger partial charge in [-0.2, -0.15) is 8.78 Å². The van der Waals surface area contributed by atoms with Gasteiger partial charge in [-0.05, 0) is 19.4 Å². The predicted octanol–water partition coefficient (Wildman–Crippen LogP) is 2.30. The number of nitrogens with one attached hydrogen (secondary N) is 2. The molecule has 0 saturated carbocycles. The Labute approximate surface area is 129 Å². The van der Waals surface area contributed by atoms with E-state index in [1.165, 1.54) is 0 Å². The van der Waals surface area contributed by atoms with Gasteiger partial charge in [-0.3, -0.25) is 4.99 Å². The highest BCUT2D eigenvalue weighted by molar-refractivity contribution is 5.79. The van der Waals surface area contributed by atoms with E-state index in [-0.39, 0.29) is 5.75 Å². The first-order valence-electron chi connectivity index (χ1n) is 7.04. The Morgan fingerprint density at radius 1 is 1.32 bits per heavy atom. The third kappa shape index (κ3) is 6.71. The number of rotatable bonds is 8.